The number of unbranched alkanes of at least 4 members (excludes halogenated alkanes) is 34. The topological polar surface area (TPSA) is 61.8 Å². The number of hydrogen-bond donors (Lipinski definition) is 0. The van der Waals surface area contributed by atoms with Gasteiger partial charge >= 0.3 is 11.9 Å². The van der Waals surface area contributed by atoms with Gasteiger partial charge in [0.05, 0.1) is 6.61 Å². The molecule has 0 fully saturated rings. The number of carbonyl (C=O) groups excluding carboxylic acids is 2. The highest BCUT2D eigenvalue weighted by Gasteiger charge is 2.17. The summed E-state index contributed by atoms with van der Waals surface area (Å²) < 4.78 is 17.3. The second kappa shape index (κ2) is 48.0. The first-order chi connectivity index (χ1) is 27.6. The molecule has 0 aromatic carbocycles. The molecule has 56 heavy (non-hydrogen) atoms. The summed E-state index contributed by atoms with van der Waals surface area (Å²) >= 11 is 0. The molecule has 0 aliphatic heterocycles. The molecule has 0 rings (SSSR count). The van der Waals surface area contributed by atoms with E-state index in [1.165, 1.54) is 212 Å². The van der Waals surface area contributed by atoms with Crippen LogP contribution in [0.15, 0.2) is 12.2 Å². The van der Waals surface area contributed by atoms with Crippen LogP contribution in [0.4, 0.5) is 0 Å². The van der Waals surface area contributed by atoms with Crippen molar-refractivity contribution >= 4 is 11.9 Å². The molecule has 0 aliphatic rings. The van der Waals surface area contributed by atoms with Crippen LogP contribution >= 0.6 is 0 Å². The molecule has 0 spiro atoms. The normalized spacial score (nSPS) is 12.1. The van der Waals surface area contributed by atoms with Gasteiger partial charge < -0.3 is 14.2 Å². The van der Waals surface area contributed by atoms with Crippen LogP contribution in [-0.2, 0) is 23.8 Å². The van der Waals surface area contributed by atoms with Gasteiger partial charge in [-0.1, -0.05) is 232 Å². The monoisotopic (exact) mass is 791 g/mol. The van der Waals surface area contributed by atoms with Gasteiger partial charge in [-0.05, 0) is 44.9 Å². The number of hydrogen-bond acceptors (Lipinski definition) is 5. The molecule has 1 atom stereocenters. The lowest BCUT2D eigenvalue weighted by molar-refractivity contribution is -0.163. The zero-order chi connectivity index (χ0) is 40.7. The number of carbonyl (C=O) groups is 2. The Bertz CT molecular complexity index is 810. The summed E-state index contributed by atoms with van der Waals surface area (Å²) in [6.07, 6.45) is 53.7. The molecular formula is C51H98O5. The molecule has 1 unspecified atom stereocenters. The quantitative estimate of drug-likeness (QED) is 0.0349. The smallest absolute Gasteiger partial charge is 0.306 e. The Morgan fingerprint density at radius 2 is 0.696 bits per heavy atom. The second-order valence-electron chi connectivity index (χ2n) is 17.1. The third kappa shape index (κ3) is 45.3. The van der Waals surface area contributed by atoms with Gasteiger partial charge in [-0.15, -0.1) is 0 Å². The fraction of sp³-hybridized carbons (Fsp3) is 0.922. The van der Waals surface area contributed by atoms with Crippen molar-refractivity contribution in [1.82, 2.24) is 0 Å². The minimum atomic E-state index is -0.524. The van der Waals surface area contributed by atoms with Crippen molar-refractivity contribution in [2.45, 2.75) is 284 Å². The van der Waals surface area contributed by atoms with E-state index in [1.54, 1.807) is 0 Å². The van der Waals surface area contributed by atoms with Gasteiger partial charge in [-0.25, -0.2) is 0 Å². The molecule has 332 valence electrons. The van der Waals surface area contributed by atoms with E-state index < -0.39 is 6.10 Å². The third-order valence-corrected chi connectivity index (χ3v) is 11.3. The van der Waals surface area contributed by atoms with Gasteiger partial charge in [0.2, 0.25) is 0 Å². The predicted octanol–water partition coefficient (Wildman–Crippen LogP) is 16.7. The van der Waals surface area contributed by atoms with E-state index in [0.717, 1.165) is 32.1 Å². The van der Waals surface area contributed by atoms with E-state index in [-0.39, 0.29) is 18.5 Å². The third-order valence-electron chi connectivity index (χ3n) is 11.3. The maximum Gasteiger partial charge on any atom is 0.306 e. The number of rotatable bonds is 47. The summed E-state index contributed by atoms with van der Waals surface area (Å²) in [5.41, 5.74) is 0. The van der Waals surface area contributed by atoms with E-state index in [2.05, 4.69) is 32.9 Å². The molecular weight excluding hydrogens is 693 g/mol. The largest absolute Gasteiger partial charge is 0.462 e. The first-order valence-electron chi connectivity index (χ1n) is 25.2. The van der Waals surface area contributed by atoms with E-state index in [1.807, 2.05) is 0 Å². The fourth-order valence-corrected chi connectivity index (χ4v) is 7.51. The van der Waals surface area contributed by atoms with E-state index in [0.29, 0.717) is 26.1 Å². The van der Waals surface area contributed by atoms with E-state index in [9.17, 15) is 9.59 Å². The molecule has 5 nitrogen and oxygen atoms in total. The Balaban J connectivity index is 4.05. The van der Waals surface area contributed by atoms with Crippen LogP contribution in [-0.4, -0.2) is 37.9 Å². The summed E-state index contributed by atoms with van der Waals surface area (Å²) in [7, 11) is 0. The lowest BCUT2D eigenvalue weighted by Gasteiger charge is -2.18. The van der Waals surface area contributed by atoms with Crippen LogP contribution < -0.4 is 0 Å². The maximum absolute atomic E-state index is 12.6. The molecule has 0 aromatic heterocycles. The minimum Gasteiger partial charge on any atom is -0.462 e. The minimum absolute atomic E-state index is 0.0925. The Kier molecular flexibility index (Phi) is 46.8. The standard InChI is InChI=1S/C51H98O5/c1-4-7-10-13-16-18-20-22-24-25-26-27-28-29-31-33-36-38-41-44-50(52)55-48-49(56-51(53)45-42-39-35-15-12-9-6-3)47-54-46-43-40-37-34-32-30-23-21-19-17-14-11-8-5-2/h22,24,49H,4-21,23,25-48H2,1-3H3/b24-22-. The zero-order valence-corrected chi connectivity index (χ0v) is 38.2. The maximum atomic E-state index is 12.6. The van der Waals surface area contributed by atoms with Gasteiger partial charge in [0.25, 0.3) is 0 Å². The van der Waals surface area contributed by atoms with Crippen LogP contribution in [0.1, 0.15) is 278 Å². The van der Waals surface area contributed by atoms with Gasteiger partial charge in [0.1, 0.15) is 6.61 Å². The summed E-state index contributed by atoms with van der Waals surface area (Å²) in [6, 6.07) is 0. The molecule has 0 heterocycles. The lowest BCUT2D eigenvalue weighted by Crippen LogP contribution is -2.30. The van der Waals surface area contributed by atoms with E-state index >= 15 is 0 Å². The van der Waals surface area contributed by atoms with Crippen molar-refractivity contribution in [2.24, 2.45) is 0 Å². The van der Waals surface area contributed by atoms with Gasteiger partial charge in [-0.3, -0.25) is 9.59 Å². The van der Waals surface area contributed by atoms with Crippen molar-refractivity contribution in [2.75, 3.05) is 19.8 Å². The summed E-state index contributed by atoms with van der Waals surface area (Å²) in [4.78, 5) is 25.2. The summed E-state index contributed by atoms with van der Waals surface area (Å²) in [5.74, 6) is -0.388. The van der Waals surface area contributed by atoms with Crippen molar-refractivity contribution in [3.8, 4) is 0 Å². The number of esters is 2. The molecule has 0 amide bonds. The van der Waals surface area contributed by atoms with Crippen molar-refractivity contribution < 1.29 is 23.8 Å². The Hall–Kier alpha value is -1.36. The molecule has 5 heteroatoms. The lowest BCUT2D eigenvalue weighted by atomic mass is 10.0. The molecule has 0 radical (unpaired) electrons. The molecule has 0 bridgehead atoms. The van der Waals surface area contributed by atoms with Gasteiger partial charge in [-0.2, -0.15) is 0 Å². The average molecular weight is 791 g/mol. The molecule has 0 saturated heterocycles. The first-order valence-corrected chi connectivity index (χ1v) is 25.2. The number of ether oxygens (including phenoxy) is 3. The molecule has 0 saturated carbocycles. The van der Waals surface area contributed by atoms with Gasteiger partial charge in [0.15, 0.2) is 6.10 Å². The van der Waals surface area contributed by atoms with Crippen molar-refractivity contribution in [3.63, 3.8) is 0 Å². The molecule has 0 aliphatic carbocycles. The highest BCUT2D eigenvalue weighted by Crippen LogP contribution is 2.15. The zero-order valence-electron chi connectivity index (χ0n) is 38.2. The van der Waals surface area contributed by atoms with Crippen LogP contribution in [0.25, 0.3) is 0 Å². The SMILES string of the molecule is CCCCCCCC/C=C\CCCCCCCCCCCC(=O)OCC(COCCCCCCCCCCCCCCCC)OC(=O)CCCCCCCCC. The highest BCUT2D eigenvalue weighted by molar-refractivity contribution is 5.70. The van der Waals surface area contributed by atoms with Crippen molar-refractivity contribution in [3.05, 3.63) is 12.2 Å². The average Bonchev–Trinajstić information content (AvgIpc) is 3.20. The van der Waals surface area contributed by atoms with Gasteiger partial charge in [0, 0.05) is 19.4 Å². The molecule has 0 N–H and O–H groups in total. The number of allylic oxidation sites excluding steroid dienone is 2. The fourth-order valence-electron chi connectivity index (χ4n) is 7.51. The van der Waals surface area contributed by atoms with Crippen LogP contribution in [0.2, 0.25) is 0 Å². The van der Waals surface area contributed by atoms with Crippen LogP contribution in [0, 0.1) is 0 Å². The first kappa shape index (κ1) is 54.6. The van der Waals surface area contributed by atoms with Crippen LogP contribution in [0.3, 0.4) is 0 Å². The van der Waals surface area contributed by atoms with E-state index in [4.69, 9.17) is 14.2 Å². The molecule has 0 aromatic rings. The second-order valence-corrected chi connectivity index (χ2v) is 17.1. The predicted molar refractivity (Wildman–Crippen MR) is 242 cm³/mol. The highest BCUT2D eigenvalue weighted by atomic mass is 16.6. The Morgan fingerprint density at radius 3 is 1.09 bits per heavy atom. The Morgan fingerprint density at radius 1 is 0.375 bits per heavy atom. The van der Waals surface area contributed by atoms with Crippen LogP contribution in [0.5, 0.6) is 0 Å². The van der Waals surface area contributed by atoms with Crippen molar-refractivity contribution in [1.29, 1.82) is 0 Å². The summed E-state index contributed by atoms with van der Waals surface area (Å²) in [5, 5.41) is 0. The summed E-state index contributed by atoms with van der Waals surface area (Å²) in [6.45, 7) is 7.84. The Labute approximate surface area is 350 Å².